The molecule has 3 aliphatic rings. The lowest BCUT2D eigenvalue weighted by atomic mass is 9.52. The lowest BCUT2D eigenvalue weighted by Gasteiger charge is -2.48. The number of anilines is 3. The minimum atomic E-state index is -0.603. The quantitative estimate of drug-likeness (QED) is 0.171. The standard InChI is InChI=1S/C68H43NO/c1-2-20-44(21-3-1)45-40-42-46(43-41-45)69(63-38-19-28-52-50-25-8-17-39-64(50)70-66(52)63)62-37-16-7-24-49(62)51-27-18-36-61-65(51)53-26-6-11-31-56(53)68(61)59-34-14-12-32-57(59)67(58-33-13-15-35-60(58)68)54-29-9-4-22-47(54)48-23-5-10-30-55(48)67/h1-43H. The maximum absolute atomic E-state index is 6.85. The highest BCUT2D eigenvalue weighted by atomic mass is 16.3. The fourth-order valence-electron chi connectivity index (χ4n) is 13.2. The zero-order chi connectivity index (χ0) is 46.0. The maximum Gasteiger partial charge on any atom is 0.159 e. The largest absolute Gasteiger partial charge is 0.454 e. The highest BCUT2D eigenvalue weighted by molar-refractivity contribution is 6.11. The first-order valence-corrected chi connectivity index (χ1v) is 24.3. The van der Waals surface area contributed by atoms with Gasteiger partial charge in [-0.3, -0.25) is 0 Å². The predicted molar refractivity (Wildman–Crippen MR) is 287 cm³/mol. The number of rotatable bonds is 5. The van der Waals surface area contributed by atoms with Gasteiger partial charge in [-0.25, -0.2) is 0 Å². The van der Waals surface area contributed by atoms with Crippen molar-refractivity contribution < 1.29 is 4.42 Å². The Hall–Kier alpha value is -8.98. The van der Waals surface area contributed by atoms with Crippen molar-refractivity contribution in [3.63, 3.8) is 0 Å². The first kappa shape index (κ1) is 39.1. The van der Waals surface area contributed by atoms with Crippen LogP contribution in [0.1, 0.15) is 44.5 Å². The van der Waals surface area contributed by atoms with Crippen LogP contribution in [0.2, 0.25) is 0 Å². The number of fused-ring (bicyclic) bond motifs is 19. The van der Waals surface area contributed by atoms with Crippen LogP contribution in [0.4, 0.5) is 17.1 Å². The summed E-state index contributed by atoms with van der Waals surface area (Å²) in [7, 11) is 0. The SMILES string of the molecule is c1ccc(-c2ccc(N(c3ccccc3-c3cccc4c3-c3ccccc3C43c4ccccc4C4(c5ccccc5-c5ccccc54)c4ccccc43)c3cccc4c3oc3ccccc34)cc2)cc1. The molecular formula is C68H43NO. The Bertz CT molecular complexity index is 3990. The van der Waals surface area contributed by atoms with E-state index in [2.05, 4.69) is 266 Å². The van der Waals surface area contributed by atoms with Crippen molar-refractivity contribution in [1.82, 2.24) is 0 Å². The van der Waals surface area contributed by atoms with Crippen molar-refractivity contribution in [2.45, 2.75) is 10.8 Å². The summed E-state index contributed by atoms with van der Waals surface area (Å²) in [4.78, 5) is 2.41. The van der Waals surface area contributed by atoms with E-state index in [4.69, 9.17) is 4.42 Å². The van der Waals surface area contributed by atoms with Crippen LogP contribution >= 0.6 is 0 Å². The van der Waals surface area contributed by atoms with Crippen LogP contribution in [-0.2, 0) is 10.8 Å². The maximum atomic E-state index is 6.85. The molecule has 326 valence electrons. The summed E-state index contributed by atoms with van der Waals surface area (Å²) in [5.41, 5.74) is 24.2. The molecule has 3 aliphatic carbocycles. The molecule has 0 unspecified atom stereocenters. The van der Waals surface area contributed by atoms with Crippen LogP contribution in [0.3, 0.4) is 0 Å². The summed E-state index contributed by atoms with van der Waals surface area (Å²) in [6.45, 7) is 0. The summed E-state index contributed by atoms with van der Waals surface area (Å²) < 4.78 is 6.85. The molecular weight excluding hydrogens is 847 g/mol. The molecule has 1 heterocycles. The van der Waals surface area contributed by atoms with Gasteiger partial charge in [-0.05, 0) is 114 Å². The molecule has 2 spiro atoms. The molecule has 0 atom stereocenters. The zero-order valence-corrected chi connectivity index (χ0v) is 38.2. The van der Waals surface area contributed by atoms with Crippen LogP contribution in [0.25, 0.3) is 66.4 Å². The lowest BCUT2D eigenvalue weighted by molar-refractivity contribution is 0.633. The molecule has 0 bridgehead atoms. The molecule has 1 aromatic heterocycles. The van der Waals surface area contributed by atoms with Gasteiger partial charge in [-0.2, -0.15) is 0 Å². The fraction of sp³-hybridized carbons (Fsp3) is 0.0294. The summed E-state index contributed by atoms with van der Waals surface area (Å²) in [6.07, 6.45) is 0. The second-order valence-corrected chi connectivity index (χ2v) is 19.0. The van der Waals surface area contributed by atoms with Crippen molar-refractivity contribution in [3.05, 3.63) is 305 Å². The summed E-state index contributed by atoms with van der Waals surface area (Å²) in [5.74, 6) is 0. The molecule has 0 aliphatic heterocycles. The Balaban J connectivity index is 1.00. The Morgan fingerprint density at radius 2 is 0.700 bits per heavy atom. The summed E-state index contributed by atoms with van der Waals surface area (Å²) in [5, 5.41) is 2.20. The van der Waals surface area contributed by atoms with Crippen LogP contribution in [0, 0.1) is 0 Å². The first-order valence-electron chi connectivity index (χ1n) is 24.3. The average molecular weight is 890 g/mol. The smallest absolute Gasteiger partial charge is 0.159 e. The van der Waals surface area contributed by atoms with E-state index in [1.165, 1.54) is 83.5 Å². The van der Waals surface area contributed by atoms with E-state index >= 15 is 0 Å². The second-order valence-electron chi connectivity index (χ2n) is 19.0. The molecule has 2 heteroatoms. The molecule has 12 aromatic rings. The van der Waals surface area contributed by atoms with Crippen molar-refractivity contribution in [3.8, 4) is 44.5 Å². The van der Waals surface area contributed by atoms with Gasteiger partial charge in [-0.1, -0.05) is 231 Å². The Morgan fingerprint density at radius 1 is 0.271 bits per heavy atom. The topological polar surface area (TPSA) is 16.4 Å². The molecule has 11 aromatic carbocycles. The van der Waals surface area contributed by atoms with E-state index in [-0.39, 0.29) is 0 Å². The molecule has 0 N–H and O–H groups in total. The van der Waals surface area contributed by atoms with Crippen LogP contribution in [0.15, 0.2) is 265 Å². The van der Waals surface area contributed by atoms with E-state index in [0.717, 1.165) is 44.6 Å². The highest BCUT2D eigenvalue weighted by Gasteiger charge is 2.59. The van der Waals surface area contributed by atoms with Gasteiger partial charge < -0.3 is 9.32 Å². The monoisotopic (exact) mass is 889 g/mol. The summed E-state index contributed by atoms with van der Waals surface area (Å²) >= 11 is 0. The highest BCUT2D eigenvalue weighted by Crippen LogP contribution is 2.68. The fourth-order valence-corrected chi connectivity index (χ4v) is 13.2. The lowest BCUT2D eigenvalue weighted by Crippen LogP contribution is -2.43. The third-order valence-electron chi connectivity index (χ3n) is 15.8. The average Bonchev–Trinajstić information content (AvgIpc) is 4.07. The minimum Gasteiger partial charge on any atom is -0.454 e. The van der Waals surface area contributed by atoms with Gasteiger partial charge in [0.15, 0.2) is 5.58 Å². The molecule has 0 saturated heterocycles. The van der Waals surface area contributed by atoms with Crippen molar-refractivity contribution >= 4 is 39.0 Å². The van der Waals surface area contributed by atoms with Crippen LogP contribution in [-0.4, -0.2) is 0 Å². The van der Waals surface area contributed by atoms with Gasteiger partial charge in [0.1, 0.15) is 5.58 Å². The van der Waals surface area contributed by atoms with Crippen molar-refractivity contribution in [2.24, 2.45) is 0 Å². The van der Waals surface area contributed by atoms with Crippen molar-refractivity contribution in [1.29, 1.82) is 0 Å². The van der Waals surface area contributed by atoms with Gasteiger partial charge >= 0.3 is 0 Å². The third-order valence-corrected chi connectivity index (χ3v) is 15.8. The number of nitrogens with zero attached hydrogens (tertiary/aromatic N) is 1. The number of hydrogen-bond donors (Lipinski definition) is 0. The molecule has 0 amide bonds. The van der Waals surface area contributed by atoms with E-state index in [1.807, 2.05) is 0 Å². The van der Waals surface area contributed by atoms with Crippen LogP contribution < -0.4 is 4.90 Å². The molecule has 0 fully saturated rings. The molecule has 0 saturated carbocycles. The van der Waals surface area contributed by atoms with E-state index in [9.17, 15) is 0 Å². The van der Waals surface area contributed by atoms with Crippen molar-refractivity contribution in [2.75, 3.05) is 4.90 Å². The van der Waals surface area contributed by atoms with Gasteiger partial charge in [0, 0.05) is 22.0 Å². The predicted octanol–water partition coefficient (Wildman–Crippen LogP) is 17.4. The number of hydrogen-bond acceptors (Lipinski definition) is 2. The molecule has 2 nitrogen and oxygen atoms in total. The van der Waals surface area contributed by atoms with E-state index in [1.54, 1.807) is 0 Å². The second kappa shape index (κ2) is 14.8. The van der Waals surface area contributed by atoms with Gasteiger partial charge in [0.05, 0.1) is 22.2 Å². The number of furan rings is 1. The normalized spacial score (nSPS) is 13.9. The number of para-hydroxylation sites is 3. The molecule has 0 radical (unpaired) electrons. The molecule has 15 rings (SSSR count). The number of benzene rings is 11. The summed E-state index contributed by atoms with van der Waals surface area (Å²) in [6, 6.07) is 96.7. The first-order chi connectivity index (χ1) is 34.8. The Morgan fingerprint density at radius 3 is 1.36 bits per heavy atom. The molecule has 70 heavy (non-hydrogen) atoms. The Labute approximate surface area is 407 Å². The van der Waals surface area contributed by atoms with Gasteiger partial charge in [0.2, 0.25) is 0 Å². The Kier molecular flexibility index (Phi) is 8.24. The van der Waals surface area contributed by atoms with E-state index < -0.39 is 10.8 Å². The minimum absolute atomic E-state index is 0.498. The van der Waals surface area contributed by atoms with Gasteiger partial charge in [-0.15, -0.1) is 0 Å². The zero-order valence-electron chi connectivity index (χ0n) is 38.2. The van der Waals surface area contributed by atoms with Crippen LogP contribution in [0.5, 0.6) is 0 Å². The van der Waals surface area contributed by atoms with E-state index in [0.29, 0.717) is 0 Å². The third kappa shape index (κ3) is 5.07. The van der Waals surface area contributed by atoms with Gasteiger partial charge in [0.25, 0.3) is 0 Å².